The molecule has 0 bridgehead atoms. The predicted molar refractivity (Wildman–Crippen MR) is 65.4 cm³/mol. The number of rotatable bonds is 9. The zero-order chi connectivity index (χ0) is 14.0. The first-order valence-electron chi connectivity index (χ1n) is 5.92. The quantitative estimate of drug-likeness (QED) is 0.603. The van der Waals surface area contributed by atoms with Crippen molar-refractivity contribution in [2.75, 3.05) is 46.5 Å². The molecular formula is C11H22N2O5. The number of aliphatic hydroxyl groups is 1. The molecular weight excluding hydrogens is 240 g/mol. The van der Waals surface area contributed by atoms with Gasteiger partial charge in [-0.3, -0.25) is 4.79 Å². The van der Waals surface area contributed by atoms with Crippen molar-refractivity contribution in [2.45, 2.75) is 13.3 Å². The van der Waals surface area contributed by atoms with Gasteiger partial charge >= 0.3 is 12.0 Å². The van der Waals surface area contributed by atoms with Crippen LogP contribution in [0.2, 0.25) is 0 Å². The molecule has 2 amide bonds. The standard InChI is InChI=1S/C11H22N2O5/c1-3-4-13(9-10(15)16)11(17)12(5-7-14)6-8-18-2/h14H,3-9H2,1-2H3,(H,15,16). The van der Waals surface area contributed by atoms with Gasteiger partial charge in [0, 0.05) is 26.7 Å². The number of aliphatic hydroxyl groups excluding tert-OH is 1. The number of urea groups is 1. The smallest absolute Gasteiger partial charge is 0.323 e. The number of carbonyl (C=O) groups is 2. The number of hydrogen-bond acceptors (Lipinski definition) is 4. The zero-order valence-electron chi connectivity index (χ0n) is 11.0. The van der Waals surface area contributed by atoms with Crippen molar-refractivity contribution in [3.05, 3.63) is 0 Å². The molecule has 0 aromatic heterocycles. The number of hydrogen-bond donors (Lipinski definition) is 2. The van der Waals surface area contributed by atoms with Crippen LogP contribution >= 0.6 is 0 Å². The van der Waals surface area contributed by atoms with Gasteiger partial charge in [0.25, 0.3) is 0 Å². The number of carboxylic acid groups (broad SMARTS) is 1. The van der Waals surface area contributed by atoms with E-state index in [1.807, 2.05) is 6.92 Å². The molecule has 0 saturated carbocycles. The summed E-state index contributed by atoms with van der Waals surface area (Å²) in [6.07, 6.45) is 0.677. The van der Waals surface area contributed by atoms with Gasteiger partial charge in [-0.25, -0.2) is 4.79 Å². The minimum Gasteiger partial charge on any atom is -0.480 e. The van der Waals surface area contributed by atoms with E-state index in [0.717, 1.165) is 0 Å². The highest BCUT2D eigenvalue weighted by Gasteiger charge is 2.21. The fraction of sp³-hybridized carbons (Fsp3) is 0.818. The number of ether oxygens (including phenoxy) is 1. The van der Waals surface area contributed by atoms with Gasteiger partial charge in [0.15, 0.2) is 0 Å². The Hall–Kier alpha value is -1.34. The van der Waals surface area contributed by atoms with Crippen molar-refractivity contribution >= 4 is 12.0 Å². The number of methoxy groups -OCH3 is 1. The molecule has 7 heteroatoms. The molecule has 106 valence electrons. The Kier molecular flexibility index (Phi) is 8.95. The van der Waals surface area contributed by atoms with Gasteiger partial charge in [-0.15, -0.1) is 0 Å². The summed E-state index contributed by atoms with van der Waals surface area (Å²) in [5, 5.41) is 17.7. The Morgan fingerprint density at radius 1 is 1.17 bits per heavy atom. The van der Waals surface area contributed by atoms with E-state index in [2.05, 4.69) is 0 Å². The third kappa shape index (κ3) is 6.41. The molecule has 2 N–H and O–H groups in total. The molecule has 7 nitrogen and oxygen atoms in total. The van der Waals surface area contributed by atoms with Crippen LogP contribution in [0.15, 0.2) is 0 Å². The summed E-state index contributed by atoms with van der Waals surface area (Å²) in [7, 11) is 1.52. The molecule has 0 fully saturated rings. The maximum absolute atomic E-state index is 12.1. The van der Waals surface area contributed by atoms with Crippen molar-refractivity contribution in [3.63, 3.8) is 0 Å². The van der Waals surface area contributed by atoms with Gasteiger partial charge in [-0.2, -0.15) is 0 Å². The third-order valence-electron chi connectivity index (χ3n) is 2.30. The highest BCUT2D eigenvalue weighted by atomic mass is 16.5. The number of carbonyl (C=O) groups excluding carboxylic acids is 1. The van der Waals surface area contributed by atoms with E-state index in [1.165, 1.54) is 16.9 Å². The molecule has 0 rings (SSSR count). The van der Waals surface area contributed by atoms with E-state index >= 15 is 0 Å². The summed E-state index contributed by atoms with van der Waals surface area (Å²) in [5.41, 5.74) is 0. The van der Waals surface area contributed by atoms with Crippen molar-refractivity contribution in [1.29, 1.82) is 0 Å². The maximum atomic E-state index is 12.1. The lowest BCUT2D eigenvalue weighted by molar-refractivity contribution is -0.137. The lowest BCUT2D eigenvalue weighted by Crippen LogP contribution is -2.47. The molecule has 0 spiro atoms. The van der Waals surface area contributed by atoms with Gasteiger partial charge in [-0.05, 0) is 6.42 Å². The monoisotopic (exact) mass is 262 g/mol. The summed E-state index contributed by atoms with van der Waals surface area (Å²) < 4.78 is 4.88. The fourth-order valence-electron chi connectivity index (χ4n) is 1.50. The van der Waals surface area contributed by atoms with E-state index in [0.29, 0.717) is 26.1 Å². The Bertz CT molecular complexity index is 260. The van der Waals surface area contributed by atoms with Gasteiger partial charge in [0.05, 0.1) is 13.2 Å². The molecule has 0 heterocycles. The van der Waals surface area contributed by atoms with Crippen LogP contribution < -0.4 is 0 Å². The Balaban J connectivity index is 4.58. The van der Waals surface area contributed by atoms with Crippen LogP contribution in [-0.4, -0.2) is 78.5 Å². The molecule has 0 aromatic carbocycles. The molecule has 0 aliphatic heterocycles. The average Bonchev–Trinajstić information content (AvgIpc) is 2.32. The second-order valence-corrected chi connectivity index (χ2v) is 3.80. The third-order valence-corrected chi connectivity index (χ3v) is 2.30. The highest BCUT2D eigenvalue weighted by molar-refractivity contribution is 5.80. The number of amides is 2. The summed E-state index contributed by atoms with van der Waals surface area (Å²) >= 11 is 0. The lowest BCUT2D eigenvalue weighted by Gasteiger charge is -2.29. The van der Waals surface area contributed by atoms with Crippen LogP contribution in [0.4, 0.5) is 4.79 Å². The van der Waals surface area contributed by atoms with Crippen molar-refractivity contribution in [3.8, 4) is 0 Å². The first-order chi connectivity index (χ1) is 8.56. The average molecular weight is 262 g/mol. The first-order valence-corrected chi connectivity index (χ1v) is 5.92. The van der Waals surface area contributed by atoms with Gasteiger partial charge in [0.2, 0.25) is 0 Å². The first kappa shape index (κ1) is 16.7. The fourth-order valence-corrected chi connectivity index (χ4v) is 1.50. The molecule has 0 atom stereocenters. The highest BCUT2D eigenvalue weighted by Crippen LogP contribution is 2.01. The van der Waals surface area contributed by atoms with E-state index in [9.17, 15) is 9.59 Å². The maximum Gasteiger partial charge on any atom is 0.323 e. The number of aliphatic carboxylic acids is 1. The topological polar surface area (TPSA) is 90.3 Å². The Morgan fingerprint density at radius 3 is 2.28 bits per heavy atom. The minimum absolute atomic E-state index is 0.164. The SMILES string of the molecule is CCCN(CC(=O)O)C(=O)N(CCO)CCOC. The molecule has 0 radical (unpaired) electrons. The van der Waals surface area contributed by atoms with Gasteiger partial charge in [0.1, 0.15) is 6.54 Å². The molecule has 0 aliphatic carbocycles. The number of nitrogens with zero attached hydrogens (tertiary/aromatic N) is 2. The summed E-state index contributed by atoms with van der Waals surface area (Å²) in [6.45, 7) is 2.59. The minimum atomic E-state index is -1.05. The van der Waals surface area contributed by atoms with E-state index < -0.39 is 5.97 Å². The summed E-state index contributed by atoms with van der Waals surface area (Å²) in [5.74, 6) is -1.05. The molecule has 0 aliphatic rings. The molecule has 0 unspecified atom stereocenters. The molecule has 18 heavy (non-hydrogen) atoms. The van der Waals surface area contributed by atoms with Crippen LogP contribution in [0.1, 0.15) is 13.3 Å². The molecule has 0 saturated heterocycles. The van der Waals surface area contributed by atoms with Crippen LogP contribution in [0.3, 0.4) is 0 Å². The van der Waals surface area contributed by atoms with Crippen molar-refractivity contribution < 1.29 is 24.5 Å². The second kappa shape index (κ2) is 9.67. The van der Waals surface area contributed by atoms with Crippen LogP contribution in [-0.2, 0) is 9.53 Å². The second-order valence-electron chi connectivity index (χ2n) is 3.80. The van der Waals surface area contributed by atoms with Crippen LogP contribution in [0.25, 0.3) is 0 Å². The van der Waals surface area contributed by atoms with Crippen molar-refractivity contribution in [1.82, 2.24) is 9.80 Å². The number of carboxylic acids is 1. The Labute approximate surface area is 107 Å². The van der Waals surface area contributed by atoms with E-state index in [4.69, 9.17) is 14.9 Å². The zero-order valence-corrected chi connectivity index (χ0v) is 11.0. The summed E-state index contributed by atoms with van der Waals surface area (Å²) in [6, 6.07) is -0.384. The van der Waals surface area contributed by atoms with Gasteiger partial charge in [-0.1, -0.05) is 6.92 Å². The molecule has 0 aromatic rings. The lowest BCUT2D eigenvalue weighted by atomic mass is 10.4. The van der Waals surface area contributed by atoms with Crippen LogP contribution in [0, 0.1) is 0 Å². The van der Waals surface area contributed by atoms with Crippen LogP contribution in [0.5, 0.6) is 0 Å². The normalized spacial score (nSPS) is 10.2. The predicted octanol–water partition coefficient (Wildman–Crippen LogP) is -0.156. The van der Waals surface area contributed by atoms with E-state index in [1.54, 1.807) is 0 Å². The van der Waals surface area contributed by atoms with E-state index in [-0.39, 0.29) is 25.7 Å². The Morgan fingerprint density at radius 2 is 1.83 bits per heavy atom. The summed E-state index contributed by atoms with van der Waals surface area (Å²) in [4.78, 5) is 25.4. The van der Waals surface area contributed by atoms with Gasteiger partial charge < -0.3 is 24.7 Å². The largest absolute Gasteiger partial charge is 0.480 e. The van der Waals surface area contributed by atoms with Crippen molar-refractivity contribution in [2.24, 2.45) is 0 Å².